The summed E-state index contributed by atoms with van der Waals surface area (Å²) < 4.78 is 13.5. The summed E-state index contributed by atoms with van der Waals surface area (Å²) in [4.78, 5) is 25.4. The molecule has 4 nitrogen and oxygen atoms in total. The molecule has 1 aromatic carbocycles. The molecule has 0 saturated carbocycles. The Bertz CT molecular complexity index is 550. The number of rotatable bonds is 2. The number of hydrogen-bond donors (Lipinski definition) is 1. The number of primary amides is 1. The van der Waals surface area contributed by atoms with E-state index in [9.17, 15) is 14.0 Å². The Labute approximate surface area is 125 Å². The third-order valence-corrected chi connectivity index (χ3v) is 4.32. The maximum atomic E-state index is 13.2. The molecule has 2 unspecified atom stereocenters. The van der Waals surface area contributed by atoms with Crippen LogP contribution in [0.2, 0.25) is 0 Å². The molecular formula is C14H16BrFN2O2. The van der Waals surface area contributed by atoms with Crippen LogP contribution in [0.3, 0.4) is 0 Å². The first-order valence-corrected chi connectivity index (χ1v) is 7.24. The van der Waals surface area contributed by atoms with Crippen LogP contribution >= 0.6 is 15.9 Å². The first-order chi connectivity index (χ1) is 9.40. The Morgan fingerprint density at radius 3 is 2.70 bits per heavy atom. The van der Waals surface area contributed by atoms with Gasteiger partial charge in [-0.1, -0.05) is 0 Å². The van der Waals surface area contributed by atoms with Crippen LogP contribution < -0.4 is 5.73 Å². The Balaban J connectivity index is 2.21. The molecule has 0 spiro atoms. The zero-order valence-electron chi connectivity index (χ0n) is 11.1. The zero-order valence-corrected chi connectivity index (χ0v) is 12.7. The fourth-order valence-electron chi connectivity index (χ4n) is 2.42. The summed E-state index contributed by atoms with van der Waals surface area (Å²) in [6.07, 6.45) is 1.44. The number of amides is 2. The van der Waals surface area contributed by atoms with Gasteiger partial charge in [-0.25, -0.2) is 4.39 Å². The van der Waals surface area contributed by atoms with Gasteiger partial charge in [-0.2, -0.15) is 0 Å². The van der Waals surface area contributed by atoms with Crippen molar-refractivity contribution in [2.24, 2.45) is 11.7 Å². The lowest BCUT2D eigenvalue weighted by atomic mass is 9.92. The molecule has 1 fully saturated rings. The lowest BCUT2D eigenvalue weighted by molar-refractivity contribution is -0.123. The van der Waals surface area contributed by atoms with Gasteiger partial charge in [0.25, 0.3) is 5.91 Å². The van der Waals surface area contributed by atoms with E-state index in [1.165, 1.54) is 18.2 Å². The van der Waals surface area contributed by atoms with E-state index < -0.39 is 5.82 Å². The van der Waals surface area contributed by atoms with Crippen LogP contribution in [0.25, 0.3) is 0 Å². The highest BCUT2D eigenvalue weighted by Gasteiger charge is 2.32. The van der Waals surface area contributed by atoms with Gasteiger partial charge in [-0.15, -0.1) is 0 Å². The molecule has 1 saturated heterocycles. The smallest absolute Gasteiger partial charge is 0.254 e. The standard InChI is InChI=1S/C14H16BrFN2O2/c1-8-2-3-10(13(17)19)7-18(8)14(20)9-4-5-12(16)11(15)6-9/h4-6,8,10H,2-3,7H2,1H3,(H2,17,19). The molecule has 0 radical (unpaired) electrons. The lowest BCUT2D eigenvalue weighted by Crippen LogP contribution is -2.48. The maximum Gasteiger partial charge on any atom is 0.254 e. The van der Waals surface area contributed by atoms with Crippen molar-refractivity contribution in [3.63, 3.8) is 0 Å². The van der Waals surface area contributed by atoms with Crippen molar-refractivity contribution < 1.29 is 14.0 Å². The molecule has 1 aliphatic heterocycles. The largest absolute Gasteiger partial charge is 0.369 e. The van der Waals surface area contributed by atoms with Crippen LogP contribution in [0.1, 0.15) is 30.1 Å². The van der Waals surface area contributed by atoms with Crippen LogP contribution in [0.5, 0.6) is 0 Å². The van der Waals surface area contributed by atoms with E-state index in [4.69, 9.17) is 5.73 Å². The number of likely N-dealkylation sites (tertiary alicyclic amines) is 1. The molecule has 1 aliphatic rings. The Morgan fingerprint density at radius 1 is 1.40 bits per heavy atom. The van der Waals surface area contributed by atoms with Gasteiger partial charge in [0.05, 0.1) is 10.4 Å². The normalized spacial score (nSPS) is 22.6. The van der Waals surface area contributed by atoms with Crippen LogP contribution in [0.4, 0.5) is 4.39 Å². The molecule has 1 aromatic rings. The first kappa shape index (κ1) is 15.0. The van der Waals surface area contributed by atoms with Gasteiger partial charge in [-0.05, 0) is 53.9 Å². The summed E-state index contributed by atoms with van der Waals surface area (Å²) in [5.74, 6) is -1.30. The molecule has 2 atom stereocenters. The van der Waals surface area contributed by atoms with Crippen molar-refractivity contribution in [1.82, 2.24) is 4.90 Å². The average Bonchev–Trinajstić information content (AvgIpc) is 2.41. The van der Waals surface area contributed by atoms with Crippen LogP contribution in [0.15, 0.2) is 22.7 Å². The third-order valence-electron chi connectivity index (χ3n) is 3.71. The molecule has 0 aliphatic carbocycles. The summed E-state index contributed by atoms with van der Waals surface area (Å²) in [5, 5.41) is 0. The quantitative estimate of drug-likeness (QED) is 0.896. The molecule has 2 N–H and O–H groups in total. The molecule has 108 valence electrons. The topological polar surface area (TPSA) is 63.4 Å². The minimum Gasteiger partial charge on any atom is -0.369 e. The first-order valence-electron chi connectivity index (χ1n) is 6.45. The monoisotopic (exact) mass is 342 g/mol. The Kier molecular flexibility index (Phi) is 4.42. The number of benzene rings is 1. The van der Waals surface area contributed by atoms with Crippen molar-refractivity contribution in [3.8, 4) is 0 Å². The number of hydrogen-bond acceptors (Lipinski definition) is 2. The van der Waals surface area contributed by atoms with Gasteiger partial charge < -0.3 is 10.6 Å². The maximum absolute atomic E-state index is 13.2. The van der Waals surface area contributed by atoms with Crippen molar-refractivity contribution in [2.75, 3.05) is 6.54 Å². The van der Waals surface area contributed by atoms with Crippen LogP contribution in [0, 0.1) is 11.7 Å². The second-order valence-electron chi connectivity index (χ2n) is 5.11. The van der Waals surface area contributed by atoms with Gasteiger partial charge >= 0.3 is 0 Å². The van der Waals surface area contributed by atoms with E-state index in [0.29, 0.717) is 18.5 Å². The lowest BCUT2D eigenvalue weighted by Gasteiger charge is -2.37. The summed E-state index contributed by atoms with van der Waals surface area (Å²) in [5.41, 5.74) is 5.72. The zero-order chi connectivity index (χ0) is 14.9. The molecule has 1 heterocycles. The van der Waals surface area contributed by atoms with Gasteiger partial charge in [0, 0.05) is 18.2 Å². The van der Waals surface area contributed by atoms with E-state index >= 15 is 0 Å². The minimum absolute atomic E-state index is 0.0435. The van der Waals surface area contributed by atoms with Crippen molar-refractivity contribution in [2.45, 2.75) is 25.8 Å². The number of nitrogens with two attached hydrogens (primary N) is 1. The van der Waals surface area contributed by atoms with E-state index in [-0.39, 0.29) is 28.2 Å². The second-order valence-corrected chi connectivity index (χ2v) is 5.97. The Hall–Kier alpha value is -1.43. The summed E-state index contributed by atoms with van der Waals surface area (Å²) in [7, 11) is 0. The number of halogens is 2. The van der Waals surface area contributed by atoms with E-state index in [1.54, 1.807) is 4.90 Å². The molecular weight excluding hydrogens is 327 g/mol. The number of nitrogens with zero attached hydrogens (tertiary/aromatic N) is 1. The summed E-state index contributed by atoms with van der Waals surface area (Å²) in [6.45, 7) is 2.26. The molecule has 2 rings (SSSR count). The highest BCUT2D eigenvalue weighted by molar-refractivity contribution is 9.10. The number of piperidine rings is 1. The molecule has 2 amide bonds. The SMILES string of the molecule is CC1CCC(C(N)=O)CN1C(=O)c1ccc(F)c(Br)c1. The van der Waals surface area contributed by atoms with Gasteiger partial charge in [0.1, 0.15) is 5.82 Å². The highest BCUT2D eigenvalue weighted by atomic mass is 79.9. The van der Waals surface area contributed by atoms with Gasteiger partial charge in [-0.3, -0.25) is 9.59 Å². The van der Waals surface area contributed by atoms with E-state index in [0.717, 1.165) is 6.42 Å². The second kappa shape index (κ2) is 5.91. The van der Waals surface area contributed by atoms with Crippen molar-refractivity contribution >= 4 is 27.7 Å². The molecule has 0 bridgehead atoms. The van der Waals surface area contributed by atoms with Crippen LogP contribution in [-0.4, -0.2) is 29.3 Å². The summed E-state index contributed by atoms with van der Waals surface area (Å²) in [6, 6.07) is 4.20. The Morgan fingerprint density at radius 2 is 2.10 bits per heavy atom. The highest BCUT2D eigenvalue weighted by Crippen LogP contribution is 2.25. The molecule has 20 heavy (non-hydrogen) atoms. The van der Waals surface area contributed by atoms with E-state index in [2.05, 4.69) is 15.9 Å². The average molecular weight is 343 g/mol. The third kappa shape index (κ3) is 3.00. The van der Waals surface area contributed by atoms with Gasteiger partial charge in [0.2, 0.25) is 5.91 Å². The van der Waals surface area contributed by atoms with Crippen molar-refractivity contribution in [1.29, 1.82) is 0 Å². The minimum atomic E-state index is -0.414. The molecule has 6 heteroatoms. The predicted octanol–water partition coefficient (Wildman–Crippen LogP) is 2.31. The van der Waals surface area contributed by atoms with E-state index in [1.807, 2.05) is 6.92 Å². The summed E-state index contributed by atoms with van der Waals surface area (Å²) >= 11 is 3.07. The number of carbonyl (C=O) groups is 2. The van der Waals surface area contributed by atoms with Crippen LogP contribution in [-0.2, 0) is 4.79 Å². The van der Waals surface area contributed by atoms with Crippen molar-refractivity contribution in [3.05, 3.63) is 34.1 Å². The predicted molar refractivity (Wildman–Crippen MR) is 76.5 cm³/mol. The fraction of sp³-hybridized carbons (Fsp3) is 0.429. The van der Waals surface area contributed by atoms with Gasteiger partial charge in [0.15, 0.2) is 0 Å². The molecule has 0 aromatic heterocycles. The fourth-order valence-corrected chi connectivity index (χ4v) is 2.80. The number of carbonyl (C=O) groups excluding carboxylic acids is 2.